The number of hydrogen-bond acceptors (Lipinski definition) is 81. The number of phosphoric ester groups is 11. The molecule has 0 spiro atoms. The van der Waals surface area contributed by atoms with Gasteiger partial charge in [-0.3, -0.25) is 19.2 Å². The summed E-state index contributed by atoms with van der Waals surface area (Å²) in [5.41, 5.74) is 0. The topological polar surface area (TPSA) is 1520 Å². The molecule has 0 amide bonds. The Hall–Kier alpha value is -4.97. The summed E-state index contributed by atoms with van der Waals surface area (Å²) in [5.74, 6) is -15.0. The molecular weight excluding hydrogens is 2190 g/mol. The number of Topliss-reactive ketones (excluding diaryl/α,β-unsaturated/α-hetero) is 4. The zero-order chi connectivity index (χ0) is 112. The third-order valence-electron chi connectivity index (χ3n) is 10.5. The van der Waals surface area contributed by atoms with Crippen LogP contribution in [0, 0.1) is 0 Å². The third kappa shape index (κ3) is 113. The van der Waals surface area contributed by atoms with E-state index in [-0.39, 0.29) is 26.3 Å². The second-order valence-corrected chi connectivity index (χ2v) is 34.3. The van der Waals surface area contributed by atoms with Crippen molar-refractivity contribution in [3.63, 3.8) is 0 Å². The average molecular weight is 2260 g/mol. The van der Waals surface area contributed by atoms with Gasteiger partial charge in [-0.15, -0.1) is 0 Å². The number of phosphoric acid groups is 11. The maximum atomic E-state index is 11.1. The van der Waals surface area contributed by atoms with Crippen LogP contribution < -0.4 is 128 Å². The van der Waals surface area contributed by atoms with Gasteiger partial charge in [0.1, 0.15) is 164 Å². The average Bonchev–Trinajstić information content (AvgIpc) is 0.871. The predicted molar refractivity (Wildman–Crippen MR) is 354 cm³/mol. The third-order valence-corrected chi connectivity index (χ3v) is 15.6. The van der Waals surface area contributed by atoms with Crippen LogP contribution in [-0.4, -0.2) is 368 Å². The first kappa shape index (κ1) is 158. The number of aliphatic carboxylic acids is 4. The number of carboxylic acids is 4. The summed E-state index contributed by atoms with van der Waals surface area (Å²) < 4.78 is 146. The number of carbonyl (C=O) groups is 12. The summed E-state index contributed by atoms with van der Waals surface area (Å²) >= 11 is 0. The number of aldehydes is 3. The molecule has 0 heterocycles. The van der Waals surface area contributed by atoms with E-state index in [1.165, 1.54) is 0 Å². The van der Waals surface area contributed by atoms with Crippen LogP contribution in [0.5, 0.6) is 0 Å². The molecule has 0 aliphatic carbocycles. The van der Waals surface area contributed by atoms with Gasteiger partial charge in [-0.1, -0.05) is 14.0 Å². The Morgan fingerprint density at radius 1 is 0.319 bits per heavy atom. The van der Waals surface area contributed by atoms with E-state index in [0.29, 0.717) is 0 Å². The van der Waals surface area contributed by atoms with Crippen LogP contribution in [0.3, 0.4) is 0 Å². The van der Waals surface area contributed by atoms with Gasteiger partial charge in [0.05, 0.1) is 135 Å². The van der Waals surface area contributed by atoms with Crippen LogP contribution >= 0.6 is 86.0 Å². The Balaban J connectivity index is -0.000000128. The van der Waals surface area contributed by atoms with Crippen LogP contribution in [0.25, 0.3) is 0 Å². The summed E-state index contributed by atoms with van der Waals surface area (Å²) in [6, 6.07) is 0. The number of carboxylic acid groups (broad SMARTS) is 4. The molecule has 0 aromatic carbocycles. The number of aliphatic hydroxyl groups excluding tert-OH is 21. The van der Waals surface area contributed by atoms with E-state index in [9.17, 15) is 241 Å². The van der Waals surface area contributed by atoms with Gasteiger partial charge in [-0.05, 0) is 0 Å². The molecule has 0 aliphatic heterocycles. The van der Waals surface area contributed by atoms with E-state index >= 15 is 0 Å². The molecule has 0 saturated heterocycles. The second kappa shape index (κ2) is 77.5. The lowest BCUT2D eigenvalue weighted by Crippen LogP contribution is -2.46. The van der Waals surface area contributed by atoms with Gasteiger partial charge < -0.3 is 369 Å². The van der Waals surface area contributed by atoms with E-state index in [0.717, 1.165) is 6.92 Å². The van der Waals surface area contributed by atoms with Crippen LogP contribution in [0.15, 0.2) is 12.3 Å². The van der Waals surface area contributed by atoms with Crippen molar-refractivity contribution in [2.45, 2.75) is 124 Å². The maximum Gasteiger partial charge on any atom is 0.340 e. The van der Waals surface area contributed by atoms with E-state index in [1.54, 1.807) is 0 Å². The Bertz CT molecular complexity index is 4080. The molecule has 18 unspecified atom stereocenters. The van der Waals surface area contributed by atoms with Crippen molar-refractivity contribution in [1.29, 1.82) is 0 Å². The number of rotatable bonds is 53. The van der Waals surface area contributed by atoms with Crippen LogP contribution in [0.4, 0.5) is 0 Å². The van der Waals surface area contributed by atoms with Crippen LogP contribution in [0.2, 0.25) is 0 Å². The molecule has 0 aliphatic rings. The highest BCUT2D eigenvalue weighted by Gasteiger charge is 2.34. The standard InChI is InChI=1S/C6H14O12P2.2C6H13O9P.C6H12O6.C3H8O10P2.2C3H7O7P.2C3H7O6P.C3H5O6P.C3H4O3.CH4/c7-3(1-17-19(11,12)13)5(9)6(10)4(8)2-18-20(14,15)16;2*7-1-3(8)5(10)6(11)4(9)2-15-16(12,13)14;7-1-3(9)5(11)6(12)4(10)2-8;4-2(1-12-14(6,7)8)3(5)13-15(9,10)11;4-2(3(5)6)1-10-11(7,8)9;4-1-2(3(5)6)10-11(7,8)9;2*4-1-3(5)2-9-10(6,7)8;1-2(3(4)5)9-10(6,7)8;1-2(4)3(5)6;/h3,5-7,9-10H,1-2H2,(H2,11,12,13)(H2,14,15,16);4-7,9-11H,1-2H2,(H2,12,13,14);1,3-6,8-11H,2H2,(H2,12,13,14);1,3-6,8-12H,2H2;2,4H,1H2,(H2,6,7,8)(H2,9,10,11);2*2,4H,1H2,(H,5,6)(H2,7,8,9);4H,1-2H2,(H2,6,7,8);1,3,5H,2H2,(H2,6,7,8);1H2,(H,4,5)(H2,6,7,8);1H3,(H,5,6);1H4/p-26. The lowest BCUT2D eigenvalue weighted by Gasteiger charge is -2.32. The molecule has 0 fully saturated rings. The molecule has 138 heavy (non-hydrogen) atoms. The summed E-state index contributed by atoms with van der Waals surface area (Å²) in [7, 11) is -58.5. The molecule has 0 saturated carbocycles. The van der Waals surface area contributed by atoms with Crippen molar-refractivity contribution in [2.24, 2.45) is 0 Å². The smallest absolute Gasteiger partial charge is 0.340 e. The number of hydrogen-bond donors (Lipinski definition) is 21. The first-order valence-electron chi connectivity index (χ1n) is 31.8. The Kier molecular flexibility index (Phi) is 88.9. The van der Waals surface area contributed by atoms with Crippen molar-refractivity contribution < 1.29 is 393 Å². The highest BCUT2D eigenvalue weighted by molar-refractivity contribution is 7.45. The molecule has 0 aromatic rings. The van der Waals surface area contributed by atoms with Gasteiger partial charge in [0.15, 0.2) is 48.1 Å². The van der Waals surface area contributed by atoms with Crippen molar-refractivity contribution in [1.82, 2.24) is 0 Å². The fourth-order valence-electron chi connectivity index (χ4n) is 4.56. The van der Waals surface area contributed by atoms with Crippen molar-refractivity contribution >= 4 is 158 Å². The van der Waals surface area contributed by atoms with Gasteiger partial charge in [-0.25, -0.2) is 4.79 Å². The lowest BCUT2D eigenvalue weighted by molar-refractivity contribution is -0.354. The SMILES string of the molecule is C.C=C(OP(=O)([O-])[O-])C(=O)[O-].CC(=O)C(=O)[O-].O=C(CO)C(O)C(O)C(O)COP(=O)([O-])[O-].O=C(CO)COP(=O)([O-])[O-].O=C(COP(=O)([O-])[O-])C(O)C(O)C(O)COP(=O)([O-])[O-].O=C(OP(=O)([O-])[O-])C(O)COP(=O)([O-])[O-].O=C([O-])C(CO)OP(=O)([O-])[O-].O=C([O-])C(O)COP(=O)([O-])[O-].O=CC(O)C(O)C(O)C(O)CO.O=CC(O)C(O)C(O)C(O)COP(=O)([O-])[O-].O=CC(O)COP(=O)([O-])[O-]. The normalized spacial score (nSPS) is 15.7. The largest absolute Gasteiger partial charge is 0.790 e. The minimum absolute atomic E-state index is 0. The lowest BCUT2D eigenvalue weighted by atomic mass is 10.0. The van der Waals surface area contributed by atoms with Crippen LogP contribution in [0.1, 0.15) is 14.4 Å². The fraction of sp³-hybridized carbons (Fsp3) is 0.696. The van der Waals surface area contributed by atoms with E-state index in [1.807, 2.05) is 0 Å². The quantitative estimate of drug-likeness (QED) is 0.00884. The second-order valence-electron chi connectivity index (χ2n) is 21.8. The zero-order valence-corrected chi connectivity index (χ0v) is 76.0. The number of aliphatic hydroxyl groups is 21. The van der Waals surface area contributed by atoms with E-state index in [4.69, 9.17) is 102 Å². The Morgan fingerprint density at radius 2 is 0.601 bits per heavy atom. The molecule has 0 aromatic heterocycles. The summed E-state index contributed by atoms with van der Waals surface area (Å²) in [4.78, 5) is 336. The highest BCUT2D eigenvalue weighted by atomic mass is 31.2. The summed E-state index contributed by atoms with van der Waals surface area (Å²) in [6.45, 7) is -9.22. The maximum absolute atomic E-state index is 11.1. The van der Waals surface area contributed by atoms with Gasteiger partial charge >= 0.3 is 5.97 Å². The van der Waals surface area contributed by atoms with E-state index < -0.39 is 334 Å². The van der Waals surface area contributed by atoms with Crippen LogP contribution in [-0.2, 0) is 158 Å². The molecular formula is C46H75O81P11-26. The zero-order valence-electron chi connectivity index (χ0n) is 66.1. The summed E-state index contributed by atoms with van der Waals surface area (Å²) in [5, 5.41) is 222. The first-order valence-corrected chi connectivity index (χ1v) is 47.9. The van der Waals surface area contributed by atoms with Gasteiger partial charge in [0, 0.05) is 6.92 Å². The predicted octanol–water partition coefficient (Wildman–Crippen LogP) is -39.8. The first-order chi connectivity index (χ1) is 60.8. The molecule has 0 bridgehead atoms. The van der Waals surface area contributed by atoms with Crippen molar-refractivity contribution in [2.75, 3.05) is 79.3 Å². The Labute approximate surface area is 764 Å². The molecule has 826 valence electrons. The fourth-order valence-corrected chi connectivity index (χ4v) is 8.29. The monoisotopic (exact) mass is 2260 g/mol. The minimum atomic E-state index is -5.63. The van der Waals surface area contributed by atoms with E-state index in [2.05, 4.69) is 56.3 Å². The van der Waals surface area contributed by atoms with Crippen molar-refractivity contribution in [3.8, 4) is 0 Å². The highest BCUT2D eigenvalue weighted by Crippen LogP contribution is 2.32. The molecule has 0 rings (SSSR count). The van der Waals surface area contributed by atoms with Crippen molar-refractivity contribution in [3.05, 3.63) is 12.3 Å². The Morgan fingerprint density at radius 3 is 0.826 bits per heavy atom. The number of carbonyl (C=O) groups excluding carboxylic acids is 12. The molecule has 81 nitrogen and oxygen atoms in total. The van der Waals surface area contributed by atoms with Gasteiger partial charge in [-0.2, -0.15) is 0 Å². The molecule has 18 atom stereocenters. The molecule has 21 N–H and O–H groups in total. The minimum Gasteiger partial charge on any atom is -0.790 e. The molecule has 0 radical (unpaired) electrons. The number of ketones is 4. The molecule has 92 heteroatoms. The van der Waals surface area contributed by atoms with Gasteiger partial charge in [0.2, 0.25) is 0 Å². The summed E-state index contributed by atoms with van der Waals surface area (Å²) in [6.07, 6.45) is -35.9. The van der Waals surface area contributed by atoms with Gasteiger partial charge in [0.25, 0.3) is 0 Å².